The summed E-state index contributed by atoms with van der Waals surface area (Å²) in [7, 11) is 0. The molecule has 2 saturated heterocycles. The van der Waals surface area contributed by atoms with Gasteiger partial charge in [0.2, 0.25) is 5.91 Å². The molecule has 0 aliphatic carbocycles. The van der Waals surface area contributed by atoms with Crippen LogP contribution in [0, 0.1) is 11.8 Å². The summed E-state index contributed by atoms with van der Waals surface area (Å²) < 4.78 is 0. The second-order valence-electron chi connectivity index (χ2n) is 6.04. The first kappa shape index (κ1) is 15.6. The third kappa shape index (κ3) is 3.47. The Morgan fingerprint density at radius 3 is 2.75 bits per heavy atom. The molecule has 2 N–H and O–H groups in total. The number of carboxylic acid groups (broad SMARTS) is 1. The molecule has 0 aromatic carbocycles. The molecule has 2 aliphatic heterocycles. The highest BCUT2D eigenvalue weighted by Crippen LogP contribution is 2.35. The number of hydrogen-bond acceptors (Lipinski definition) is 4. The zero-order chi connectivity index (χ0) is 14.7. The minimum Gasteiger partial charge on any atom is -0.480 e. The average molecular weight is 300 g/mol. The second-order valence-corrected chi connectivity index (χ2v) is 7.19. The molecule has 2 rings (SSSR count). The van der Waals surface area contributed by atoms with Crippen molar-refractivity contribution in [3.63, 3.8) is 0 Å². The zero-order valence-corrected chi connectivity index (χ0v) is 13.0. The van der Waals surface area contributed by atoms with Crippen LogP contribution in [0.3, 0.4) is 0 Å². The van der Waals surface area contributed by atoms with Gasteiger partial charge in [0.15, 0.2) is 0 Å². The highest BCUT2D eigenvalue weighted by molar-refractivity contribution is 8.00. The minimum atomic E-state index is -0.879. The van der Waals surface area contributed by atoms with Crippen molar-refractivity contribution in [2.45, 2.75) is 44.5 Å². The fourth-order valence-electron chi connectivity index (χ4n) is 3.00. The topological polar surface area (TPSA) is 69.6 Å². The van der Waals surface area contributed by atoms with Gasteiger partial charge < -0.3 is 15.3 Å². The highest BCUT2D eigenvalue weighted by Gasteiger charge is 2.43. The number of piperidine rings is 1. The lowest BCUT2D eigenvalue weighted by molar-refractivity contribution is -0.150. The van der Waals surface area contributed by atoms with Gasteiger partial charge in [0.05, 0.1) is 5.37 Å². The lowest BCUT2D eigenvalue weighted by Gasteiger charge is -2.32. The van der Waals surface area contributed by atoms with Gasteiger partial charge in [-0.15, -0.1) is 11.8 Å². The molecular weight excluding hydrogens is 276 g/mol. The number of amides is 1. The number of rotatable bonds is 4. The molecule has 3 atom stereocenters. The first-order chi connectivity index (χ1) is 9.50. The lowest BCUT2D eigenvalue weighted by Crippen LogP contribution is -2.48. The van der Waals surface area contributed by atoms with Crippen LogP contribution in [0.1, 0.15) is 33.1 Å². The van der Waals surface area contributed by atoms with Crippen LogP contribution in [-0.4, -0.2) is 52.1 Å². The van der Waals surface area contributed by atoms with Crippen LogP contribution in [-0.2, 0) is 9.59 Å². The molecule has 0 saturated carbocycles. The zero-order valence-electron chi connectivity index (χ0n) is 12.2. The van der Waals surface area contributed by atoms with Gasteiger partial charge in [0, 0.05) is 12.2 Å². The van der Waals surface area contributed by atoms with Crippen LogP contribution in [0.15, 0.2) is 0 Å². The molecule has 3 unspecified atom stereocenters. The highest BCUT2D eigenvalue weighted by atomic mass is 32.2. The molecule has 0 bridgehead atoms. The van der Waals surface area contributed by atoms with Gasteiger partial charge in [-0.05, 0) is 37.8 Å². The molecule has 0 radical (unpaired) electrons. The van der Waals surface area contributed by atoms with Crippen molar-refractivity contribution in [1.29, 1.82) is 0 Å². The monoisotopic (exact) mass is 300 g/mol. The summed E-state index contributed by atoms with van der Waals surface area (Å²) in [5.74, 6) is 0.264. The van der Waals surface area contributed by atoms with Crippen molar-refractivity contribution < 1.29 is 14.7 Å². The Balaban J connectivity index is 2.04. The fourth-order valence-corrected chi connectivity index (χ4v) is 4.49. The van der Waals surface area contributed by atoms with E-state index in [0.29, 0.717) is 18.1 Å². The summed E-state index contributed by atoms with van der Waals surface area (Å²) in [6.07, 6.45) is 2.63. The van der Waals surface area contributed by atoms with Gasteiger partial charge in [-0.1, -0.05) is 13.8 Å². The number of carboxylic acids is 1. The Bertz CT molecular complexity index is 369. The SMILES string of the molecule is CC(C)C1SCC(C(=O)O)N1C(=O)CC1CCCNC1. The van der Waals surface area contributed by atoms with E-state index >= 15 is 0 Å². The maximum absolute atomic E-state index is 12.6. The summed E-state index contributed by atoms with van der Waals surface area (Å²) in [6, 6.07) is -0.656. The Hall–Kier alpha value is -0.750. The Kier molecular flexibility index (Phi) is 5.32. The Morgan fingerprint density at radius 2 is 2.20 bits per heavy atom. The van der Waals surface area contributed by atoms with Crippen LogP contribution < -0.4 is 5.32 Å². The molecule has 20 heavy (non-hydrogen) atoms. The minimum absolute atomic E-state index is 0.000139. The van der Waals surface area contributed by atoms with E-state index < -0.39 is 12.0 Å². The molecule has 2 fully saturated rings. The van der Waals surface area contributed by atoms with E-state index in [1.807, 2.05) is 13.8 Å². The van der Waals surface area contributed by atoms with Crippen molar-refractivity contribution in [3.8, 4) is 0 Å². The van der Waals surface area contributed by atoms with Crippen LogP contribution in [0.4, 0.5) is 0 Å². The largest absolute Gasteiger partial charge is 0.480 e. The summed E-state index contributed by atoms with van der Waals surface area (Å²) in [5.41, 5.74) is 0. The number of hydrogen-bond donors (Lipinski definition) is 2. The third-order valence-electron chi connectivity index (χ3n) is 4.04. The van der Waals surface area contributed by atoms with Crippen LogP contribution in [0.2, 0.25) is 0 Å². The molecular formula is C14H24N2O3S. The Labute approximate surface area is 124 Å². The van der Waals surface area contributed by atoms with Crippen molar-refractivity contribution in [2.24, 2.45) is 11.8 Å². The molecule has 0 aromatic heterocycles. The third-order valence-corrected chi connectivity index (χ3v) is 5.66. The van der Waals surface area contributed by atoms with Crippen LogP contribution in [0.5, 0.6) is 0 Å². The molecule has 2 heterocycles. The maximum Gasteiger partial charge on any atom is 0.327 e. The lowest BCUT2D eigenvalue weighted by atomic mass is 9.95. The molecule has 114 valence electrons. The molecule has 6 heteroatoms. The van der Waals surface area contributed by atoms with Gasteiger partial charge >= 0.3 is 5.97 Å². The standard InChI is InChI=1S/C14H24N2O3S/c1-9(2)13-16(11(8-20-13)14(18)19)12(17)6-10-4-3-5-15-7-10/h9-11,13,15H,3-8H2,1-2H3,(H,18,19). The number of aliphatic carboxylic acids is 1. The van der Waals surface area contributed by atoms with E-state index in [1.54, 1.807) is 16.7 Å². The van der Waals surface area contributed by atoms with Crippen molar-refractivity contribution in [3.05, 3.63) is 0 Å². The van der Waals surface area contributed by atoms with Crippen LogP contribution >= 0.6 is 11.8 Å². The molecule has 0 aromatic rings. The molecule has 1 amide bonds. The quantitative estimate of drug-likeness (QED) is 0.821. The Morgan fingerprint density at radius 1 is 1.45 bits per heavy atom. The summed E-state index contributed by atoms with van der Waals surface area (Å²) in [5, 5.41) is 12.6. The van der Waals surface area contributed by atoms with Crippen molar-refractivity contribution in [2.75, 3.05) is 18.8 Å². The van der Waals surface area contributed by atoms with Crippen LogP contribution in [0.25, 0.3) is 0 Å². The smallest absolute Gasteiger partial charge is 0.327 e. The first-order valence-corrected chi connectivity index (χ1v) is 8.42. The van der Waals surface area contributed by atoms with E-state index in [0.717, 1.165) is 25.9 Å². The number of nitrogens with zero attached hydrogens (tertiary/aromatic N) is 1. The summed E-state index contributed by atoms with van der Waals surface area (Å²) in [4.78, 5) is 25.6. The van der Waals surface area contributed by atoms with Crippen molar-refractivity contribution >= 4 is 23.6 Å². The van der Waals surface area contributed by atoms with E-state index in [1.165, 1.54) is 0 Å². The average Bonchev–Trinajstić information content (AvgIpc) is 2.84. The van der Waals surface area contributed by atoms with Gasteiger partial charge in [-0.2, -0.15) is 0 Å². The first-order valence-electron chi connectivity index (χ1n) is 7.37. The van der Waals surface area contributed by atoms with Gasteiger partial charge in [0.25, 0.3) is 0 Å². The summed E-state index contributed by atoms with van der Waals surface area (Å²) >= 11 is 1.59. The van der Waals surface area contributed by atoms with E-state index in [9.17, 15) is 14.7 Å². The normalized spacial score (nSPS) is 30.8. The number of nitrogens with one attached hydrogen (secondary N) is 1. The number of carbonyl (C=O) groups is 2. The predicted molar refractivity (Wildman–Crippen MR) is 79.6 cm³/mol. The number of thioether (sulfide) groups is 1. The van der Waals surface area contributed by atoms with E-state index in [4.69, 9.17) is 0 Å². The van der Waals surface area contributed by atoms with Gasteiger partial charge in [-0.3, -0.25) is 4.79 Å². The van der Waals surface area contributed by atoms with Crippen molar-refractivity contribution in [1.82, 2.24) is 10.2 Å². The van der Waals surface area contributed by atoms with E-state index in [-0.39, 0.29) is 17.2 Å². The maximum atomic E-state index is 12.6. The van der Waals surface area contributed by atoms with Gasteiger partial charge in [-0.25, -0.2) is 4.79 Å². The number of carbonyl (C=O) groups excluding carboxylic acids is 1. The molecule has 0 spiro atoms. The predicted octanol–water partition coefficient (Wildman–Crippen LogP) is 1.39. The van der Waals surface area contributed by atoms with E-state index in [2.05, 4.69) is 5.32 Å². The molecule has 2 aliphatic rings. The molecule has 5 nitrogen and oxygen atoms in total. The fraction of sp³-hybridized carbons (Fsp3) is 0.857. The summed E-state index contributed by atoms with van der Waals surface area (Å²) in [6.45, 7) is 5.99. The van der Waals surface area contributed by atoms with Gasteiger partial charge in [0.1, 0.15) is 6.04 Å². The second kappa shape index (κ2) is 6.80.